The average molecular weight is 236 g/mol. The lowest BCUT2D eigenvalue weighted by Gasteiger charge is -2.05. The Labute approximate surface area is 99.2 Å². The lowest BCUT2D eigenvalue weighted by atomic mass is 10.2. The van der Waals surface area contributed by atoms with Gasteiger partial charge in [0.2, 0.25) is 0 Å². The van der Waals surface area contributed by atoms with Gasteiger partial charge in [0.1, 0.15) is 10.8 Å². The SMILES string of the molecule is CC(N)c1ccc2nc(C3CC3)c(Cl)n2c1. The topological polar surface area (TPSA) is 43.3 Å². The van der Waals surface area contributed by atoms with E-state index >= 15 is 0 Å². The van der Waals surface area contributed by atoms with Crippen LogP contribution in [0.3, 0.4) is 0 Å². The van der Waals surface area contributed by atoms with E-state index in [0.29, 0.717) is 5.92 Å². The molecule has 0 saturated heterocycles. The molecule has 0 amide bonds. The van der Waals surface area contributed by atoms with Gasteiger partial charge in [-0.05, 0) is 31.4 Å². The van der Waals surface area contributed by atoms with Gasteiger partial charge in [-0.3, -0.25) is 4.40 Å². The van der Waals surface area contributed by atoms with Crippen LogP contribution in [-0.2, 0) is 0 Å². The van der Waals surface area contributed by atoms with Gasteiger partial charge in [-0.15, -0.1) is 0 Å². The van der Waals surface area contributed by atoms with E-state index in [4.69, 9.17) is 17.3 Å². The molecular weight excluding hydrogens is 222 g/mol. The molecule has 0 bridgehead atoms. The second-order valence-electron chi connectivity index (χ2n) is 4.54. The van der Waals surface area contributed by atoms with Crippen molar-refractivity contribution in [1.29, 1.82) is 0 Å². The van der Waals surface area contributed by atoms with Gasteiger partial charge in [0, 0.05) is 18.2 Å². The van der Waals surface area contributed by atoms with Crippen molar-refractivity contribution in [3.05, 3.63) is 34.7 Å². The maximum absolute atomic E-state index is 6.33. The van der Waals surface area contributed by atoms with E-state index in [1.54, 1.807) is 0 Å². The number of hydrogen-bond acceptors (Lipinski definition) is 2. The number of aromatic nitrogens is 2. The molecule has 16 heavy (non-hydrogen) atoms. The maximum atomic E-state index is 6.33. The van der Waals surface area contributed by atoms with Crippen LogP contribution in [0.1, 0.15) is 43.0 Å². The molecule has 3 rings (SSSR count). The molecule has 0 aromatic carbocycles. The summed E-state index contributed by atoms with van der Waals surface area (Å²) in [6.45, 7) is 1.97. The summed E-state index contributed by atoms with van der Waals surface area (Å²) in [7, 11) is 0. The predicted molar refractivity (Wildman–Crippen MR) is 64.8 cm³/mol. The second kappa shape index (κ2) is 3.47. The Kier molecular flexibility index (Phi) is 2.19. The summed E-state index contributed by atoms with van der Waals surface area (Å²) < 4.78 is 1.94. The first-order chi connectivity index (χ1) is 7.66. The van der Waals surface area contributed by atoms with Crippen LogP contribution in [0.15, 0.2) is 18.3 Å². The van der Waals surface area contributed by atoms with E-state index in [9.17, 15) is 0 Å². The number of nitrogens with zero attached hydrogens (tertiary/aromatic N) is 2. The smallest absolute Gasteiger partial charge is 0.138 e. The Morgan fingerprint density at radius 1 is 1.50 bits per heavy atom. The average Bonchev–Trinajstić information content (AvgIpc) is 3.04. The van der Waals surface area contributed by atoms with Gasteiger partial charge in [-0.2, -0.15) is 0 Å². The van der Waals surface area contributed by atoms with Crippen molar-refractivity contribution in [2.75, 3.05) is 0 Å². The standard InChI is InChI=1S/C12H14ClN3/c1-7(14)9-4-5-10-15-11(8-2-3-8)12(13)16(10)6-9/h4-8H,2-3,14H2,1H3. The highest BCUT2D eigenvalue weighted by atomic mass is 35.5. The first kappa shape index (κ1) is 10.1. The molecule has 1 unspecified atom stereocenters. The lowest BCUT2D eigenvalue weighted by molar-refractivity contribution is 0.808. The Hall–Kier alpha value is -1.06. The van der Waals surface area contributed by atoms with Gasteiger partial charge >= 0.3 is 0 Å². The molecular formula is C12H14ClN3. The largest absolute Gasteiger partial charge is 0.324 e. The zero-order chi connectivity index (χ0) is 11.3. The van der Waals surface area contributed by atoms with Crippen LogP contribution < -0.4 is 5.73 Å². The molecule has 1 atom stereocenters. The minimum Gasteiger partial charge on any atom is -0.324 e. The minimum absolute atomic E-state index is 0.0206. The first-order valence-electron chi connectivity index (χ1n) is 5.60. The van der Waals surface area contributed by atoms with Crippen LogP contribution in [0.2, 0.25) is 5.15 Å². The van der Waals surface area contributed by atoms with Crippen molar-refractivity contribution in [2.45, 2.75) is 31.7 Å². The van der Waals surface area contributed by atoms with E-state index in [1.165, 1.54) is 12.8 Å². The van der Waals surface area contributed by atoms with E-state index < -0.39 is 0 Å². The molecule has 84 valence electrons. The molecule has 0 spiro atoms. The van der Waals surface area contributed by atoms with Crippen LogP contribution in [0.4, 0.5) is 0 Å². The molecule has 1 aliphatic carbocycles. The molecule has 3 nitrogen and oxygen atoms in total. The van der Waals surface area contributed by atoms with Crippen molar-refractivity contribution in [1.82, 2.24) is 9.38 Å². The quantitative estimate of drug-likeness (QED) is 0.870. The van der Waals surface area contributed by atoms with E-state index in [2.05, 4.69) is 4.98 Å². The number of rotatable bonds is 2. The highest BCUT2D eigenvalue weighted by Crippen LogP contribution is 2.42. The van der Waals surface area contributed by atoms with Crippen LogP contribution >= 0.6 is 11.6 Å². The normalized spacial score (nSPS) is 17.9. The monoisotopic (exact) mass is 235 g/mol. The van der Waals surface area contributed by atoms with Gasteiger partial charge in [0.25, 0.3) is 0 Å². The van der Waals surface area contributed by atoms with E-state index in [1.807, 2.05) is 29.7 Å². The molecule has 0 radical (unpaired) electrons. The second-order valence-corrected chi connectivity index (χ2v) is 4.90. The van der Waals surface area contributed by atoms with Gasteiger partial charge in [0.05, 0.1) is 5.69 Å². The fourth-order valence-electron chi connectivity index (χ4n) is 1.94. The number of nitrogens with two attached hydrogens (primary N) is 1. The van der Waals surface area contributed by atoms with Gasteiger partial charge in [-0.25, -0.2) is 4.98 Å². The Bertz CT molecular complexity index is 540. The fraction of sp³-hybridized carbons (Fsp3) is 0.417. The summed E-state index contributed by atoms with van der Waals surface area (Å²) >= 11 is 6.33. The number of imidazole rings is 1. The van der Waals surface area contributed by atoms with Crippen LogP contribution in [-0.4, -0.2) is 9.38 Å². The first-order valence-corrected chi connectivity index (χ1v) is 5.97. The molecule has 1 aliphatic rings. The number of pyridine rings is 1. The molecule has 0 aliphatic heterocycles. The van der Waals surface area contributed by atoms with Crippen LogP contribution in [0.5, 0.6) is 0 Å². The zero-order valence-electron chi connectivity index (χ0n) is 9.15. The third kappa shape index (κ3) is 1.51. The van der Waals surface area contributed by atoms with E-state index in [-0.39, 0.29) is 6.04 Å². The Morgan fingerprint density at radius 2 is 2.25 bits per heavy atom. The number of fused-ring (bicyclic) bond motifs is 1. The van der Waals surface area contributed by atoms with Gasteiger partial charge in [0.15, 0.2) is 0 Å². The van der Waals surface area contributed by atoms with Crippen molar-refractivity contribution >= 4 is 17.2 Å². The molecule has 2 N–H and O–H groups in total. The molecule has 1 saturated carbocycles. The van der Waals surface area contributed by atoms with E-state index in [0.717, 1.165) is 22.1 Å². The Balaban J connectivity index is 2.18. The maximum Gasteiger partial charge on any atom is 0.138 e. The Morgan fingerprint density at radius 3 is 2.88 bits per heavy atom. The molecule has 2 heterocycles. The number of halogens is 1. The zero-order valence-corrected chi connectivity index (χ0v) is 9.91. The highest BCUT2D eigenvalue weighted by molar-refractivity contribution is 6.30. The summed E-state index contributed by atoms with van der Waals surface area (Å²) in [5.74, 6) is 0.575. The number of hydrogen-bond donors (Lipinski definition) is 1. The predicted octanol–water partition coefficient (Wildman–Crippen LogP) is 2.88. The molecule has 1 fully saturated rings. The minimum atomic E-state index is 0.0206. The van der Waals surface area contributed by atoms with Crippen molar-refractivity contribution in [2.24, 2.45) is 5.73 Å². The third-order valence-electron chi connectivity index (χ3n) is 3.10. The summed E-state index contributed by atoms with van der Waals surface area (Å²) in [5.41, 5.74) is 8.89. The lowest BCUT2D eigenvalue weighted by Crippen LogP contribution is -2.05. The fourth-order valence-corrected chi connectivity index (χ4v) is 2.27. The van der Waals surface area contributed by atoms with Gasteiger partial charge in [-0.1, -0.05) is 17.7 Å². The summed E-state index contributed by atoms with van der Waals surface area (Å²) in [6, 6.07) is 4.02. The third-order valence-corrected chi connectivity index (χ3v) is 3.47. The summed E-state index contributed by atoms with van der Waals surface area (Å²) in [5, 5.41) is 0.750. The van der Waals surface area contributed by atoms with Crippen molar-refractivity contribution in [3.63, 3.8) is 0 Å². The molecule has 2 aromatic rings. The summed E-state index contributed by atoms with van der Waals surface area (Å²) in [4.78, 5) is 4.56. The van der Waals surface area contributed by atoms with Crippen LogP contribution in [0.25, 0.3) is 5.65 Å². The molecule has 2 aromatic heterocycles. The summed E-state index contributed by atoms with van der Waals surface area (Å²) in [6.07, 6.45) is 4.41. The van der Waals surface area contributed by atoms with Crippen molar-refractivity contribution in [3.8, 4) is 0 Å². The van der Waals surface area contributed by atoms with Gasteiger partial charge < -0.3 is 5.73 Å². The van der Waals surface area contributed by atoms with Crippen molar-refractivity contribution < 1.29 is 0 Å². The van der Waals surface area contributed by atoms with Crippen LogP contribution in [0, 0.1) is 0 Å². The highest BCUT2D eigenvalue weighted by Gasteiger charge is 2.29. The molecule has 4 heteroatoms.